The molecule has 78 valence electrons. The molecule has 1 aliphatic rings. The van der Waals surface area contributed by atoms with Gasteiger partial charge in [0.05, 0.1) is 0 Å². The Balaban J connectivity index is 2.58. The quantitative estimate of drug-likeness (QED) is 0.712. The van der Waals surface area contributed by atoms with Crippen LogP contribution in [-0.2, 0) is 6.18 Å². The first-order chi connectivity index (χ1) is 6.89. The van der Waals surface area contributed by atoms with Crippen LogP contribution in [0.4, 0.5) is 13.2 Å². The number of halogens is 3. The molecule has 0 bridgehead atoms. The van der Waals surface area contributed by atoms with E-state index in [-0.39, 0.29) is 0 Å². The van der Waals surface area contributed by atoms with Crippen molar-refractivity contribution in [1.29, 1.82) is 0 Å². The van der Waals surface area contributed by atoms with Crippen LogP contribution in [0.3, 0.4) is 0 Å². The van der Waals surface area contributed by atoms with Crippen molar-refractivity contribution in [2.75, 3.05) is 0 Å². The first-order valence-electron chi connectivity index (χ1n) is 3.83. The summed E-state index contributed by atoms with van der Waals surface area (Å²) in [6.45, 7) is 0. The summed E-state index contributed by atoms with van der Waals surface area (Å²) >= 11 is 0. The molecular weight excluding hydrogens is 213 g/mol. The van der Waals surface area contributed by atoms with Gasteiger partial charge >= 0.3 is 6.18 Å². The van der Waals surface area contributed by atoms with E-state index >= 15 is 0 Å². The number of fused-ring (bicyclic) bond motifs is 1. The first-order valence-corrected chi connectivity index (χ1v) is 3.83. The van der Waals surface area contributed by atoms with E-state index in [0.717, 1.165) is 12.2 Å². The molecule has 0 unspecified atom stereocenters. The molecule has 0 amide bonds. The number of hydrogen-bond donors (Lipinski definition) is 1. The maximum Gasteiger partial charge on any atom is 0.449 e. The maximum atomic E-state index is 12.2. The lowest BCUT2D eigenvalue weighted by Gasteiger charge is -1.99. The summed E-state index contributed by atoms with van der Waals surface area (Å²) < 4.78 is 36.6. The Hall–Kier alpha value is -1.92. The van der Waals surface area contributed by atoms with Crippen molar-refractivity contribution < 1.29 is 22.8 Å². The molecule has 0 saturated carbocycles. The Labute approximate surface area is 80.8 Å². The third-order valence-corrected chi connectivity index (χ3v) is 1.84. The van der Waals surface area contributed by atoms with Gasteiger partial charge in [-0.05, 0) is 12.2 Å². The molecule has 0 fully saturated rings. The molecule has 1 aromatic heterocycles. The molecule has 4 nitrogen and oxygen atoms in total. The molecule has 7 heteroatoms. The van der Waals surface area contributed by atoms with Gasteiger partial charge in [0, 0.05) is 0 Å². The highest BCUT2D eigenvalue weighted by atomic mass is 19.4. The number of H-pyrrole nitrogens is 1. The summed E-state index contributed by atoms with van der Waals surface area (Å²) in [7, 11) is 0. The monoisotopic (exact) mass is 216 g/mol. The highest BCUT2D eigenvalue weighted by Crippen LogP contribution is 2.28. The van der Waals surface area contributed by atoms with Crippen LogP contribution in [0.25, 0.3) is 0 Å². The third kappa shape index (κ3) is 1.45. The normalized spacial score (nSPS) is 15.7. The van der Waals surface area contributed by atoms with Crippen molar-refractivity contribution in [2.45, 2.75) is 6.18 Å². The second-order valence-electron chi connectivity index (χ2n) is 2.87. The van der Waals surface area contributed by atoms with E-state index in [1.165, 1.54) is 0 Å². The van der Waals surface area contributed by atoms with E-state index in [2.05, 4.69) is 4.98 Å². The lowest BCUT2D eigenvalue weighted by molar-refractivity contribution is -0.144. The number of carbonyl (C=O) groups is 2. The van der Waals surface area contributed by atoms with Crippen LogP contribution < -0.4 is 0 Å². The third-order valence-electron chi connectivity index (χ3n) is 1.84. The number of allylic oxidation sites excluding steroid dienone is 2. The standard InChI is InChI=1S/C8H3F3N2O2/c9-8(10,11)7-12-5-3(14)1-2-4(15)6(5)13-7/h1-2H,(H,12,13). The summed E-state index contributed by atoms with van der Waals surface area (Å²) in [5, 5.41) is 0. The average Bonchev–Trinajstić information content (AvgIpc) is 2.56. The molecule has 0 atom stereocenters. The van der Waals surface area contributed by atoms with Gasteiger partial charge in [-0.2, -0.15) is 13.2 Å². The number of alkyl halides is 3. The van der Waals surface area contributed by atoms with Crippen molar-refractivity contribution in [1.82, 2.24) is 9.97 Å². The Bertz CT molecular complexity index is 449. The van der Waals surface area contributed by atoms with Crippen molar-refractivity contribution in [3.05, 3.63) is 29.4 Å². The van der Waals surface area contributed by atoms with E-state index in [9.17, 15) is 22.8 Å². The van der Waals surface area contributed by atoms with Crippen molar-refractivity contribution in [3.8, 4) is 0 Å². The van der Waals surface area contributed by atoms with Gasteiger partial charge in [-0.3, -0.25) is 9.59 Å². The van der Waals surface area contributed by atoms with Gasteiger partial charge in [0.1, 0.15) is 11.4 Å². The predicted octanol–water partition coefficient (Wildman–Crippen LogP) is 1.36. The van der Waals surface area contributed by atoms with Crippen molar-refractivity contribution in [2.24, 2.45) is 0 Å². The highest BCUT2D eigenvalue weighted by molar-refractivity contribution is 6.20. The summed E-state index contributed by atoms with van der Waals surface area (Å²) in [6.07, 6.45) is -2.90. The second kappa shape index (κ2) is 2.78. The SMILES string of the molecule is O=C1C=CC(=O)c2[nH]c(C(F)(F)F)nc21. The summed E-state index contributed by atoms with van der Waals surface area (Å²) in [5.41, 5.74) is -0.885. The summed E-state index contributed by atoms with van der Waals surface area (Å²) in [4.78, 5) is 27.0. The van der Waals surface area contributed by atoms with Gasteiger partial charge in [0.25, 0.3) is 0 Å². The van der Waals surface area contributed by atoms with Gasteiger partial charge in [-0.15, -0.1) is 0 Å². The van der Waals surface area contributed by atoms with E-state index in [4.69, 9.17) is 0 Å². The molecule has 1 N–H and O–H groups in total. The molecule has 0 radical (unpaired) electrons. The van der Waals surface area contributed by atoms with Gasteiger partial charge in [0.15, 0.2) is 0 Å². The number of imidazole rings is 1. The number of aromatic amines is 1. The van der Waals surface area contributed by atoms with Crippen LogP contribution in [-0.4, -0.2) is 21.5 Å². The molecule has 0 aromatic carbocycles. The van der Waals surface area contributed by atoms with Crippen LogP contribution in [0.1, 0.15) is 26.8 Å². The first kappa shape index (κ1) is 9.63. The minimum absolute atomic E-state index is 0.408. The molecule has 1 aliphatic carbocycles. The van der Waals surface area contributed by atoms with E-state index < -0.39 is 35.0 Å². The number of hydrogen-bond acceptors (Lipinski definition) is 3. The Kier molecular flexibility index (Phi) is 1.79. The molecular formula is C8H3F3N2O2. The van der Waals surface area contributed by atoms with Gasteiger partial charge in [-0.25, -0.2) is 4.98 Å². The fourth-order valence-corrected chi connectivity index (χ4v) is 1.18. The van der Waals surface area contributed by atoms with Gasteiger partial charge in [-0.1, -0.05) is 0 Å². The minimum Gasteiger partial charge on any atom is -0.331 e. The number of aromatic nitrogens is 2. The second-order valence-corrected chi connectivity index (χ2v) is 2.87. The lowest BCUT2D eigenvalue weighted by Crippen LogP contribution is -2.10. The van der Waals surface area contributed by atoms with Gasteiger partial charge < -0.3 is 4.98 Å². The largest absolute Gasteiger partial charge is 0.449 e. The van der Waals surface area contributed by atoms with Gasteiger partial charge in [0.2, 0.25) is 17.4 Å². The predicted molar refractivity (Wildman–Crippen MR) is 41.4 cm³/mol. The minimum atomic E-state index is -4.70. The maximum absolute atomic E-state index is 12.2. The molecule has 2 rings (SSSR count). The van der Waals surface area contributed by atoms with E-state index in [0.29, 0.717) is 0 Å². The topological polar surface area (TPSA) is 62.8 Å². The molecule has 1 heterocycles. The van der Waals surface area contributed by atoms with E-state index in [1.54, 1.807) is 4.98 Å². The Morgan fingerprint density at radius 1 is 1.13 bits per heavy atom. The smallest absolute Gasteiger partial charge is 0.331 e. The molecule has 1 aromatic rings. The Morgan fingerprint density at radius 3 is 2.27 bits per heavy atom. The van der Waals surface area contributed by atoms with Crippen LogP contribution in [0.2, 0.25) is 0 Å². The molecule has 0 saturated heterocycles. The van der Waals surface area contributed by atoms with Crippen LogP contribution in [0, 0.1) is 0 Å². The molecule has 15 heavy (non-hydrogen) atoms. The van der Waals surface area contributed by atoms with Crippen molar-refractivity contribution in [3.63, 3.8) is 0 Å². The van der Waals surface area contributed by atoms with Crippen LogP contribution in [0.15, 0.2) is 12.2 Å². The number of carbonyl (C=O) groups excluding carboxylic acids is 2. The van der Waals surface area contributed by atoms with E-state index in [1.807, 2.05) is 0 Å². The molecule has 0 spiro atoms. The number of rotatable bonds is 0. The zero-order valence-corrected chi connectivity index (χ0v) is 7.05. The number of nitrogens with zero attached hydrogens (tertiary/aromatic N) is 1. The zero-order valence-electron chi connectivity index (χ0n) is 7.05. The zero-order chi connectivity index (χ0) is 11.2. The fraction of sp³-hybridized carbons (Fsp3) is 0.125. The number of nitrogens with one attached hydrogen (secondary N) is 1. The number of ketones is 2. The summed E-state index contributed by atoms with van der Waals surface area (Å²) in [5.74, 6) is -2.73. The lowest BCUT2D eigenvalue weighted by atomic mass is 10.1. The Morgan fingerprint density at radius 2 is 1.73 bits per heavy atom. The highest BCUT2D eigenvalue weighted by Gasteiger charge is 2.38. The van der Waals surface area contributed by atoms with Crippen LogP contribution >= 0.6 is 0 Å². The van der Waals surface area contributed by atoms with Crippen molar-refractivity contribution >= 4 is 11.6 Å². The molecule has 0 aliphatic heterocycles. The van der Waals surface area contributed by atoms with Crippen LogP contribution in [0.5, 0.6) is 0 Å². The fourth-order valence-electron chi connectivity index (χ4n) is 1.18. The average molecular weight is 216 g/mol. The summed E-state index contributed by atoms with van der Waals surface area (Å²) in [6, 6.07) is 0.